The van der Waals surface area contributed by atoms with E-state index in [0.717, 1.165) is 10.4 Å². The number of esters is 1. The molecule has 7 nitrogen and oxygen atoms in total. The molecule has 0 spiro atoms. The number of amides is 1. The number of aromatic amines is 1. The Labute approximate surface area is 159 Å². The maximum absolute atomic E-state index is 12.3. The maximum atomic E-state index is 12.3. The fraction of sp³-hybridized carbons (Fsp3) is 0.263. The third-order valence-electron chi connectivity index (χ3n) is 4.28. The zero-order valence-electron chi connectivity index (χ0n) is 15.2. The Morgan fingerprint density at radius 2 is 2.00 bits per heavy atom. The molecule has 0 aliphatic heterocycles. The minimum absolute atomic E-state index is 0.123. The zero-order chi connectivity index (χ0) is 19.6. The number of ether oxygens (including phenoxy) is 1. The summed E-state index contributed by atoms with van der Waals surface area (Å²) in [5, 5.41) is 3.75. The lowest BCUT2D eigenvalue weighted by Crippen LogP contribution is -2.17. The van der Waals surface area contributed by atoms with E-state index in [4.69, 9.17) is 4.74 Å². The highest BCUT2D eigenvalue weighted by molar-refractivity contribution is 7.16. The summed E-state index contributed by atoms with van der Waals surface area (Å²) in [6, 6.07) is 7.04. The van der Waals surface area contributed by atoms with Crippen LogP contribution in [0.2, 0.25) is 0 Å². The molecular weight excluding hydrogens is 366 g/mol. The number of carbonyl (C=O) groups is 2. The van der Waals surface area contributed by atoms with E-state index in [2.05, 4.69) is 15.3 Å². The van der Waals surface area contributed by atoms with Crippen LogP contribution in [-0.4, -0.2) is 29.0 Å². The molecule has 2 N–H and O–H groups in total. The van der Waals surface area contributed by atoms with E-state index < -0.39 is 5.97 Å². The maximum Gasteiger partial charge on any atom is 0.341 e. The standard InChI is InChI=1S/C19H19N3O4S/c1-10-11(2)27-18(16(10)19(25)26-3)22-15(23)9-8-14-20-13-7-5-4-6-12(13)17(24)21-14/h4-7H,8-9H2,1-3H3,(H,22,23)(H,20,21,24). The van der Waals surface area contributed by atoms with E-state index in [1.807, 2.05) is 13.8 Å². The minimum atomic E-state index is -0.479. The molecule has 27 heavy (non-hydrogen) atoms. The van der Waals surface area contributed by atoms with Gasteiger partial charge in [-0.25, -0.2) is 9.78 Å². The number of aryl methyl sites for hydroxylation is 2. The Hall–Kier alpha value is -3.00. The summed E-state index contributed by atoms with van der Waals surface area (Å²) < 4.78 is 4.80. The minimum Gasteiger partial charge on any atom is -0.465 e. The van der Waals surface area contributed by atoms with Crippen molar-refractivity contribution in [3.05, 3.63) is 56.4 Å². The van der Waals surface area contributed by atoms with Gasteiger partial charge in [0, 0.05) is 17.7 Å². The van der Waals surface area contributed by atoms with Crippen LogP contribution in [0.15, 0.2) is 29.1 Å². The van der Waals surface area contributed by atoms with Crippen molar-refractivity contribution >= 4 is 39.1 Å². The Bertz CT molecular complexity index is 1080. The lowest BCUT2D eigenvalue weighted by Gasteiger charge is -2.06. The molecule has 0 radical (unpaired) electrons. The lowest BCUT2D eigenvalue weighted by molar-refractivity contribution is -0.116. The topological polar surface area (TPSA) is 101 Å². The molecule has 8 heteroatoms. The van der Waals surface area contributed by atoms with Crippen LogP contribution < -0.4 is 10.9 Å². The predicted molar refractivity (Wildman–Crippen MR) is 104 cm³/mol. The van der Waals surface area contributed by atoms with Crippen molar-refractivity contribution in [2.24, 2.45) is 0 Å². The number of aromatic nitrogens is 2. The number of methoxy groups -OCH3 is 1. The first-order valence-corrected chi connectivity index (χ1v) is 9.18. The number of benzene rings is 1. The second-order valence-corrected chi connectivity index (χ2v) is 7.28. The normalized spacial score (nSPS) is 10.8. The average Bonchev–Trinajstić information content (AvgIpc) is 2.93. The summed E-state index contributed by atoms with van der Waals surface area (Å²) >= 11 is 1.33. The summed E-state index contributed by atoms with van der Waals surface area (Å²) in [5.74, 6) is -0.300. The van der Waals surface area contributed by atoms with Crippen molar-refractivity contribution in [3.63, 3.8) is 0 Å². The second-order valence-electron chi connectivity index (χ2n) is 6.06. The first-order valence-electron chi connectivity index (χ1n) is 8.36. The van der Waals surface area contributed by atoms with Gasteiger partial charge in [0.25, 0.3) is 5.56 Å². The van der Waals surface area contributed by atoms with Gasteiger partial charge >= 0.3 is 5.97 Å². The molecule has 3 aromatic rings. The van der Waals surface area contributed by atoms with Gasteiger partial charge in [-0.15, -0.1) is 11.3 Å². The van der Waals surface area contributed by atoms with E-state index in [1.165, 1.54) is 18.4 Å². The first kappa shape index (κ1) is 18.8. The number of fused-ring (bicyclic) bond motifs is 1. The molecule has 0 saturated heterocycles. The molecule has 1 aromatic carbocycles. The van der Waals surface area contributed by atoms with Gasteiger partial charge in [0.15, 0.2) is 0 Å². The second kappa shape index (κ2) is 7.71. The Balaban J connectivity index is 1.73. The molecule has 140 valence electrons. The van der Waals surface area contributed by atoms with Gasteiger partial charge in [0.2, 0.25) is 5.91 Å². The molecule has 0 bridgehead atoms. The van der Waals surface area contributed by atoms with Gasteiger partial charge in [-0.3, -0.25) is 9.59 Å². The van der Waals surface area contributed by atoms with Crippen LogP contribution in [0.25, 0.3) is 10.9 Å². The molecule has 0 fully saturated rings. The molecule has 2 heterocycles. The molecular formula is C19H19N3O4S. The summed E-state index contributed by atoms with van der Waals surface area (Å²) in [5.41, 5.74) is 1.54. The SMILES string of the molecule is COC(=O)c1c(NC(=O)CCc2nc3ccccc3c(=O)[nH]2)sc(C)c1C. The van der Waals surface area contributed by atoms with Crippen LogP contribution in [0.4, 0.5) is 5.00 Å². The molecule has 0 aliphatic carbocycles. The van der Waals surface area contributed by atoms with Crippen molar-refractivity contribution in [1.29, 1.82) is 0 Å². The van der Waals surface area contributed by atoms with Crippen LogP contribution in [0.5, 0.6) is 0 Å². The molecule has 0 unspecified atom stereocenters. The largest absolute Gasteiger partial charge is 0.465 e. The van der Waals surface area contributed by atoms with Gasteiger partial charge in [-0.05, 0) is 31.5 Å². The highest BCUT2D eigenvalue weighted by Crippen LogP contribution is 2.33. The molecule has 0 aliphatic rings. The Morgan fingerprint density at radius 1 is 1.26 bits per heavy atom. The molecule has 0 atom stereocenters. The number of nitrogens with zero attached hydrogens (tertiary/aromatic N) is 1. The number of H-pyrrole nitrogens is 1. The van der Waals surface area contributed by atoms with Crippen LogP contribution in [0.1, 0.15) is 33.0 Å². The fourth-order valence-corrected chi connectivity index (χ4v) is 3.80. The third kappa shape index (κ3) is 3.90. The number of para-hydroxylation sites is 1. The van der Waals surface area contributed by atoms with Crippen LogP contribution in [0, 0.1) is 13.8 Å². The van der Waals surface area contributed by atoms with Crippen molar-refractivity contribution in [2.45, 2.75) is 26.7 Å². The number of hydrogen-bond acceptors (Lipinski definition) is 6. The van der Waals surface area contributed by atoms with Gasteiger partial charge in [0.05, 0.1) is 23.6 Å². The number of anilines is 1. The smallest absolute Gasteiger partial charge is 0.341 e. The van der Waals surface area contributed by atoms with E-state index >= 15 is 0 Å². The number of rotatable bonds is 5. The fourth-order valence-electron chi connectivity index (χ4n) is 2.74. The Morgan fingerprint density at radius 3 is 2.74 bits per heavy atom. The van der Waals surface area contributed by atoms with Crippen LogP contribution in [-0.2, 0) is 16.0 Å². The van der Waals surface area contributed by atoms with Crippen molar-refractivity contribution in [2.75, 3.05) is 12.4 Å². The van der Waals surface area contributed by atoms with E-state index in [9.17, 15) is 14.4 Å². The monoisotopic (exact) mass is 385 g/mol. The highest BCUT2D eigenvalue weighted by Gasteiger charge is 2.21. The zero-order valence-corrected chi connectivity index (χ0v) is 16.0. The van der Waals surface area contributed by atoms with E-state index in [0.29, 0.717) is 27.3 Å². The molecule has 3 rings (SSSR count). The number of nitrogens with one attached hydrogen (secondary N) is 2. The van der Waals surface area contributed by atoms with Crippen molar-refractivity contribution < 1.29 is 14.3 Å². The van der Waals surface area contributed by atoms with Gasteiger partial charge in [-0.1, -0.05) is 12.1 Å². The van der Waals surface area contributed by atoms with Gasteiger partial charge in [-0.2, -0.15) is 0 Å². The first-order chi connectivity index (χ1) is 12.9. The molecule has 0 saturated carbocycles. The Kier molecular flexibility index (Phi) is 5.36. The highest BCUT2D eigenvalue weighted by atomic mass is 32.1. The summed E-state index contributed by atoms with van der Waals surface area (Å²) in [7, 11) is 1.31. The average molecular weight is 385 g/mol. The number of hydrogen-bond donors (Lipinski definition) is 2. The lowest BCUT2D eigenvalue weighted by atomic mass is 10.1. The predicted octanol–water partition coefficient (Wildman–Crippen LogP) is 2.96. The third-order valence-corrected chi connectivity index (χ3v) is 5.40. The van der Waals surface area contributed by atoms with Gasteiger partial charge < -0.3 is 15.0 Å². The van der Waals surface area contributed by atoms with E-state index in [1.54, 1.807) is 24.3 Å². The summed E-state index contributed by atoms with van der Waals surface area (Å²) in [6.07, 6.45) is 0.403. The van der Waals surface area contributed by atoms with Crippen LogP contribution in [0.3, 0.4) is 0 Å². The van der Waals surface area contributed by atoms with Crippen LogP contribution >= 0.6 is 11.3 Å². The number of thiophene rings is 1. The number of carbonyl (C=O) groups excluding carboxylic acids is 2. The quantitative estimate of drug-likeness (QED) is 0.658. The van der Waals surface area contributed by atoms with Gasteiger partial charge in [0.1, 0.15) is 10.8 Å². The molecule has 2 aromatic heterocycles. The molecule has 1 amide bonds. The summed E-state index contributed by atoms with van der Waals surface area (Å²) in [4.78, 5) is 44.4. The van der Waals surface area contributed by atoms with E-state index in [-0.39, 0.29) is 24.3 Å². The van der Waals surface area contributed by atoms with Crippen molar-refractivity contribution in [3.8, 4) is 0 Å². The van der Waals surface area contributed by atoms with Crippen molar-refractivity contribution in [1.82, 2.24) is 9.97 Å². The summed E-state index contributed by atoms with van der Waals surface area (Å²) in [6.45, 7) is 3.70.